The van der Waals surface area contributed by atoms with Gasteiger partial charge in [-0.05, 0) is 31.5 Å². The molecule has 0 atom stereocenters. The number of carbonyl (C=O) groups is 1. The molecular weight excluding hydrogens is 360 g/mol. The lowest BCUT2D eigenvalue weighted by Gasteiger charge is -2.21. The molecule has 8 heteroatoms. The van der Waals surface area contributed by atoms with Crippen molar-refractivity contribution in [1.29, 1.82) is 0 Å². The Kier molecular flexibility index (Phi) is 6.63. The summed E-state index contributed by atoms with van der Waals surface area (Å²) in [5, 5.41) is 0. The maximum absolute atomic E-state index is 12.7. The summed E-state index contributed by atoms with van der Waals surface area (Å²) in [6, 6.07) is 4.59. The van der Waals surface area contributed by atoms with Gasteiger partial charge in [-0.3, -0.25) is 4.79 Å². The number of anilines is 1. The van der Waals surface area contributed by atoms with E-state index in [0.717, 1.165) is 4.31 Å². The van der Waals surface area contributed by atoms with E-state index in [1.54, 1.807) is 13.0 Å². The third kappa shape index (κ3) is 4.69. The molecule has 0 bridgehead atoms. The van der Waals surface area contributed by atoms with Crippen molar-refractivity contribution >= 4 is 37.6 Å². The topological polar surface area (TPSA) is 89.7 Å². The van der Waals surface area contributed by atoms with Crippen molar-refractivity contribution in [2.45, 2.75) is 25.2 Å². The van der Waals surface area contributed by atoms with Crippen LogP contribution in [0.3, 0.4) is 0 Å². The van der Waals surface area contributed by atoms with Crippen LogP contribution < -0.4 is 5.73 Å². The second-order valence-corrected chi connectivity index (χ2v) is 7.15. The van der Waals surface area contributed by atoms with E-state index in [4.69, 9.17) is 10.5 Å². The highest BCUT2D eigenvalue weighted by Crippen LogP contribution is 2.26. The summed E-state index contributed by atoms with van der Waals surface area (Å²) >= 11 is 3.22. The Morgan fingerprint density at radius 2 is 2.05 bits per heavy atom. The number of esters is 1. The van der Waals surface area contributed by atoms with Crippen LogP contribution in [0.4, 0.5) is 5.69 Å². The largest absolute Gasteiger partial charge is 0.465 e. The third-order valence-electron chi connectivity index (χ3n) is 2.68. The van der Waals surface area contributed by atoms with E-state index in [2.05, 4.69) is 15.9 Å². The van der Waals surface area contributed by atoms with Crippen molar-refractivity contribution in [3.63, 3.8) is 0 Å². The molecule has 1 aromatic rings. The van der Waals surface area contributed by atoms with Crippen LogP contribution in [0.25, 0.3) is 0 Å². The Bertz CT molecular complexity index is 604. The van der Waals surface area contributed by atoms with Crippen LogP contribution >= 0.6 is 15.9 Å². The molecule has 21 heavy (non-hydrogen) atoms. The highest BCUT2D eigenvalue weighted by molar-refractivity contribution is 9.10. The smallest absolute Gasteiger partial charge is 0.321 e. The summed E-state index contributed by atoms with van der Waals surface area (Å²) in [6.07, 6.45) is 0.576. The van der Waals surface area contributed by atoms with E-state index in [1.807, 2.05) is 6.92 Å². The van der Waals surface area contributed by atoms with Crippen molar-refractivity contribution in [3.05, 3.63) is 22.7 Å². The Morgan fingerprint density at radius 1 is 1.38 bits per heavy atom. The zero-order chi connectivity index (χ0) is 16.0. The fourth-order valence-electron chi connectivity index (χ4n) is 1.75. The summed E-state index contributed by atoms with van der Waals surface area (Å²) < 4.78 is 31.8. The normalized spacial score (nSPS) is 11.6. The molecule has 0 saturated heterocycles. The van der Waals surface area contributed by atoms with Gasteiger partial charge in [0.15, 0.2) is 0 Å². The molecular formula is C13H19BrN2O4S. The number of sulfonamides is 1. The minimum atomic E-state index is -3.85. The molecule has 0 fully saturated rings. The van der Waals surface area contributed by atoms with Crippen LogP contribution in [0.15, 0.2) is 27.6 Å². The molecule has 1 aromatic carbocycles. The highest BCUT2D eigenvalue weighted by atomic mass is 79.9. The highest BCUT2D eigenvalue weighted by Gasteiger charge is 2.28. The molecule has 2 N–H and O–H groups in total. The summed E-state index contributed by atoms with van der Waals surface area (Å²) in [5.41, 5.74) is 5.90. The number of carbonyl (C=O) groups excluding carboxylic acids is 1. The average Bonchev–Trinajstić information content (AvgIpc) is 2.41. The van der Waals surface area contributed by atoms with Crippen molar-refractivity contribution in [2.24, 2.45) is 0 Å². The van der Waals surface area contributed by atoms with E-state index in [-0.39, 0.29) is 30.3 Å². The van der Waals surface area contributed by atoms with E-state index in [9.17, 15) is 13.2 Å². The fourth-order valence-corrected chi connectivity index (χ4v) is 3.89. The number of ether oxygens (including phenoxy) is 1. The van der Waals surface area contributed by atoms with Gasteiger partial charge < -0.3 is 10.5 Å². The lowest BCUT2D eigenvalue weighted by Crippen LogP contribution is -2.37. The molecule has 0 spiro atoms. The minimum absolute atomic E-state index is 0.0189. The molecule has 0 aliphatic heterocycles. The zero-order valence-corrected chi connectivity index (χ0v) is 14.4. The van der Waals surface area contributed by atoms with Gasteiger partial charge in [-0.25, -0.2) is 8.42 Å². The first kappa shape index (κ1) is 17.9. The van der Waals surface area contributed by atoms with Gasteiger partial charge in [-0.15, -0.1) is 0 Å². The maximum Gasteiger partial charge on any atom is 0.321 e. The fraction of sp³-hybridized carbons (Fsp3) is 0.462. The van der Waals surface area contributed by atoms with Crippen molar-refractivity contribution in [1.82, 2.24) is 4.31 Å². The van der Waals surface area contributed by atoms with Gasteiger partial charge in [-0.1, -0.05) is 22.9 Å². The number of benzene rings is 1. The van der Waals surface area contributed by atoms with Crippen molar-refractivity contribution in [3.8, 4) is 0 Å². The first-order chi connectivity index (χ1) is 9.82. The molecule has 1 rings (SSSR count). The van der Waals surface area contributed by atoms with Gasteiger partial charge >= 0.3 is 5.97 Å². The number of rotatable bonds is 7. The summed E-state index contributed by atoms with van der Waals surface area (Å²) in [5.74, 6) is -0.580. The maximum atomic E-state index is 12.7. The predicted molar refractivity (Wildman–Crippen MR) is 84.2 cm³/mol. The molecule has 118 valence electrons. The number of nitrogens with zero attached hydrogens (tertiary/aromatic N) is 1. The van der Waals surface area contributed by atoms with Crippen LogP contribution in [0.1, 0.15) is 20.3 Å². The lowest BCUT2D eigenvalue weighted by atomic mass is 10.3. The van der Waals surface area contributed by atoms with Crippen LogP contribution in [0.5, 0.6) is 0 Å². The first-order valence-corrected chi connectivity index (χ1v) is 8.77. The Labute approximate surface area is 133 Å². The zero-order valence-electron chi connectivity index (χ0n) is 12.0. The molecule has 6 nitrogen and oxygen atoms in total. The van der Waals surface area contributed by atoms with E-state index >= 15 is 0 Å². The van der Waals surface area contributed by atoms with Gasteiger partial charge in [0.2, 0.25) is 10.0 Å². The standard InChI is InChI=1S/C13H19BrN2O4S/c1-3-7-16(9-13(17)20-4-2)21(18,19)12-8-10(14)5-6-11(12)15/h5-6,8H,3-4,7,9,15H2,1-2H3. The average molecular weight is 379 g/mol. The Hall–Kier alpha value is -1.12. The molecule has 0 unspecified atom stereocenters. The van der Waals surface area contributed by atoms with Crippen LogP contribution in [0.2, 0.25) is 0 Å². The van der Waals surface area contributed by atoms with Gasteiger partial charge in [-0.2, -0.15) is 4.31 Å². The lowest BCUT2D eigenvalue weighted by molar-refractivity contribution is -0.143. The summed E-state index contributed by atoms with van der Waals surface area (Å²) in [6.45, 7) is 3.60. The van der Waals surface area contributed by atoms with Gasteiger partial charge in [0.05, 0.1) is 12.3 Å². The molecule has 0 saturated carbocycles. The SMILES string of the molecule is CCCN(CC(=O)OCC)S(=O)(=O)c1cc(Br)ccc1N. The molecule has 0 radical (unpaired) electrons. The summed E-state index contributed by atoms with van der Waals surface area (Å²) in [7, 11) is -3.85. The van der Waals surface area contributed by atoms with E-state index < -0.39 is 16.0 Å². The van der Waals surface area contributed by atoms with Crippen LogP contribution in [-0.4, -0.2) is 38.4 Å². The van der Waals surface area contributed by atoms with Crippen LogP contribution in [0, 0.1) is 0 Å². The number of nitrogen functional groups attached to an aromatic ring is 1. The monoisotopic (exact) mass is 378 g/mol. The third-order valence-corrected chi connectivity index (χ3v) is 5.07. The second kappa shape index (κ2) is 7.77. The second-order valence-electron chi connectivity index (χ2n) is 4.33. The van der Waals surface area contributed by atoms with E-state index in [1.165, 1.54) is 12.1 Å². The van der Waals surface area contributed by atoms with Crippen LogP contribution in [-0.2, 0) is 19.6 Å². The van der Waals surface area contributed by atoms with Gasteiger partial charge in [0.1, 0.15) is 11.4 Å². The number of nitrogens with two attached hydrogens (primary N) is 1. The number of hydrogen-bond donors (Lipinski definition) is 1. The Balaban J connectivity index is 3.15. The van der Waals surface area contributed by atoms with Gasteiger partial charge in [0.25, 0.3) is 0 Å². The van der Waals surface area contributed by atoms with E-state index in [0.29, 0.717) is 10.9 Å². The molecule has 0 amide bonds. The predicted octanol–water partition coefficient (Wildman–Crippen LogP) is 2.00. The quantitative estimate of drug-likeness (QED) is 0.578. The Morgan fingerprint density at radius 3 is 2.62 bits per heavy atom. The molecule has 0 aliphatic rings. The minimum Gasteiger partial charge on any atom is -0.465 e. The first-order valence-electron chi connectivity index (χ1n) is 6.53. The van der Waals surface area contributed by atoms with Gasteiger partial charge in [0, 0.05) is 11.0 Å². The van der Waals surface area contributed by atoms with Crippen molar-refractivity contribution in [2.75, 3.05) is 25.4 Å². The number of hydrogen-bond acceptors (Lipinski definition) is 5. The number of halogens is 1. The summed E-state index contributed by atoms with van der Waals surface area (Å²) in [4.78, 5) is 11.6. The molecule has 0 aliphatic carbocycles. The molecule has 0 heterocycles. The molecule has 0 aromatic heterocycles. The van der Waals surface area contributed by atoms with Crippen molar-refractivity contribution < 1.29 is 17.9 Å².